The van der Waals surface area contributed by atoms with Gasteiger partial charge < -0.3 is 0 Å². The highest BCUT2D eigenvalue weighted by Crippen LogP contribution is 2.05. The van der Waals surface area contributed by atoms with Crippen molar-refractivity contribution in [1.29, 1.82) is 0 Å². The second kappa shape index (κ2) is 4.75. The first-order valence-electron chi connectivity index (χ1n) is 4.70. The van der Waals surface area contributed by atoms with Crippen molar-refractivity contribution in [3.05, 3.63) is 24.0 Å². The first-order chi connectivity index (χ1) is 6.22. The van der Waals surface area contributed by atoms with Crippen LogP contribution in [0.2, 0.25) is 0 Å². The summed E-state index contributed by atoms with van der Waals surface area (Å²) in [5, 5.41) is 0. The van der Waals surface area contributed by atoms with Crippen LogP contribution in [0.5, 0.6) is 0 Å². The zero-order chi connectivity index (χ0) is 9.68. The molecule has 0 unspecified atom stereocenters. The second-order valence-electron chi connectivity index (χ2n) is 3.43. The molecule has 0 atom stereocenters. The van der Waals surface area contributed by atoms with Gasteiger partial charge in [0.25, 0.3) is 0 Å². The largest absolute Gasteiger partial charge is 0.258 e. The Labute approximate surface area is 80.0 Å². The molecule has 70 valence electrons. The molecule has 0 spiro atoms. The summed E-state index contributed by atoms with van der Waals surface area (Å²) in [6, 6.07) is 0.418. The van der Waals surface area contributed by atoms with E-state index in [-0.39, 0.29) is 0 Å². The SMILES string of the molecule is C=[N+](C1=CCCC=CN=C1)C(C)C. The standard InChI is InChI=1S/C11H17N2/c1-10(2)13(3)11-7-5-4-6-8-12-9-11/h6-10H,3-5H2,1-2H3/q+1. The van der Waals surface area contributed by atoms with Gasteiger partial charge in [0.15, 0.2) is 6.04 Å². The van der Waals surface area contributed by atoms with Crippen molar-refractivity contribution in [1.82, 2.24) is 0 Å². The van der Waals surface area contributed by atoms with Gasteiger partial charge in [-0.05, 0) is 32.8 Å². The summed E-state index contributed by atoms with van der Waals surface area (Å²) in [6.07, 6.45) is 10.1. The van der Waals surface area contributed by atoms with Crippen LogP contribution in [0.4, 0.5) is 0 Å². The van der Waals surface area contributed by atoms with E-state index in [4.69, 9.17) is 0 Å². The average Bonchev–Trinajstić information content (AvgIpc) is 2.02. The number of hydrogen-bond acceptors (Lipinski definition) is 1. The van der Waals surface area contributed by atoms with E-state index in [1.165, 1.54) is 0 Å². The van der Waals surface area contributed by atoms with Crippen LogP contribution in [-0.4, -0.2) is 23.5 Å². The molecule has 0 radical (unpaired) electrons. The van der Waals surface area contributed by atoms with Gasteiger partial charge in [0.05, 0.1) is 6.21 Å². The van der Waals surface area contributed by atoms with Crippen molar-refractivity contribution >= 4 is 12.9 Å². The Morgan fingerprint density at radius 1 is 1.46 bits per heavy atom. The number of nitrogens with zero attached hydrogens (tertiary/aromatic N) is 2. The molecule has 0 aromatic heterocycles. The first-order valence-corrected chi connectivity index (χ1v) is 4.70. The van der Waals surface area contributed by atoms with Crippen molar-refractivity contribution in [3.63, 3.8) is 0 Å². The summed E-state index contributed by atoms with van der Waals surface area (Å²) >= 11 is 0. The van der Waals surface area contributed by atoms with Crippen molar-refractivity contribution < 1.29 is 4.58 Å². The Morgan fingerprint density at radius 2 is 2.23 bits per heavy atom. The fraction of sp³-hybridized carbons (Fsp3) is 0.455. The third kappa shape index (κ3) is 2.98. The summed E-state index contributed by atoms with van der Waals surface area (Å²) in [7, 11) is 0. The smallest absolute Gasteiger partial charge is 0.219 e. The van der Waals surface area contributed by atoms with Crippen LogP contribution in [0.3, 0.4) is 0 Å². The molecule has 0 bridgehead atoms. The van der Waals surface area contributed by atoms with Crippen molar-refractivity contribution in [2.75, 3.05) is 0 Å². The van der Waals surface area contributed by atoms with Gasteiger partial charge in [-0.3, -0.25) is 4.99 Å². The van der Waals surface area contributed by atoms with Crippen LogP contribution in [0.15, 0.2) is 29.0 Å². The fourth-order valence-electron chi connectivity index (χ4n) is 1.12. The Bertz CT molecular complexity index is 270. The summed E-state index contributed by atoms with van der Waals surface area (Å²) in [5.74, 6) is 0. The molecular weight excluding hydrogens is 160 g/mol. The predicted octanol–water partition coefficient (Wildman–Crippen LogP) is 2.37. The van der Waals surface area contributed by atoms with Gasteiger partial charge >= 0.3 is 0 Å². The number of rotatable bonds is 2. The molecule has 0 fully saturated rings. The average molecular weight is 177 g/mol. The Hall–Kier alpha value is -1.18. The summed E-state index contributed by atoms with van der Waals surface area (Å²) in [6.45, 7) is 8.23. The zero-order valence-electron chi connectivity index (χ0n) is 8.40. The predicted molar refractivity (Wildman–Crippen MR) is 57.5 cm³/mol. The summed E-state index contributed by atoms with van der Waals surface area (Å²) in [5.41, 5.74) is 1.11. The molecule has 1 heterocycles. The molecule has 2 nitrogen and oxygen atoms in total. The molecule has 0 amide bonds. The molecule has 0 aromatic carbocycles. The lowest BCUT2D eigenvalue weighted by Gasteiger charge is -2.05. The minimum absolute atomic E-state index is 0.418. The lowest BCUT2D eigenvalue weighted by Crippen LogP contribution is -2.18. The van der Waals surface area contributed by atoms with Crippen molar-refractivity contribution in [3.8, 4) is 0 Å². The molecule has 0 N–H and O–H groups in total. The fourth-order valence-corrected chi connectivity index (χ4v) is 1.12. The first kappa shape index (κ1) is 9.90. The lowest BCUT2D eigenvalue weighted by atomic mass is 10.2. The third-order valence-electron chi connectivity index (χ3n) is 2.04. The topological polar surface area (TPSA) is 15.4 Å². The van der Waals surface area contributed by atoms with E-state index in [1.807, 2.05) is 17.0 Å². The van der Waals surface area contributed by atoms with Gasteiger partial charge in [-0.15, -0.1) is 0 Å². The van der Waals surface area contributed by atoms with Crippen LogP contribution in [0.25, 0.3) is 0 Å². The molecule has 0 saturated carbocycles. The van der Waals surface area contributed by atoms with Gasteiger partial charge in [0.1, 0.15) is 6.72 Å². The van der Waals surface area contributed by atoms with Gasteiger partial charge in [-0.25, -0.2) is 4.58 Å². The molecule has 0 aliphatic carbocycles. The van der Waals surface area contributed by atoms with Gasteiger partial charge in [0.2, 0.25) is 5.70 Å². The summed E-state index contributed by atoms with van der Waals surface area (Å²) in [4.78, 5) is 4.16. The Morgan fingerprint density at radius 3 is 2.92 bits per heavy atom. The molecule has 2 heteroatoms. The van der Waals surface area contributed by atoms with E-state index in [1.54, 1.807) is 0 Å². The molecule has 13 heavy (non-hydrogen) atoms. The van der Waals surface area contributed by atoms with Gasteiger partial charge in [-0.2, -0.15) is 0 Å². The van der Waals surface area contributed by atoms with E-state index < -0.39 is 0 Å². The van der Waals surface area contributed by atoms with E-state index >= 15 is 0 Å². The minimum Gasteiger partial charge on any atom is -0.258 e. The maximum Gasteiger partial charge on any atom is 0.219 e. The highest BCUT2D eigenvalue weighted by molar-refractivity contribution is 5.76. The second-order valence-corrected chi connectivity index (χ2v) is 3.43. The van der Waals surface area contributed by atoms with Crippen LogP contribution < -0.4 is 0 Å². The molecular formula is C11H17N2+. The quantitative estimate of drug-likeness (QED) is 0.454. The monoisotopic (exact) mass is 177 g/mol. The number of aliphatic imine (C=N–C) groups is 1. The van der Waals surface area contributed by atoms with Crippen LogP contribution in [0, 0.1) is 0 Å². The number of hydrogen-bond donors (Lipinski definition) is 0. The Balaban J connectivity index is 2.77. The van der Waals surface area contributed by atoms with Crippen LogP contribution in [-0.2, 0) is 0 Å². The highest BCUT2D eigenvalue weighted by atomic mass is 15.0. The molecule has 1 aliphatic heterocycles. The lowest BCUT2D eigenvalue weighted by molar-refractivity contribution is -0.493. The normalized spacial score (nSPS) is 16.7. The molecule has 0 aromatic rings. The number of allylic oxidation sites excluding steroid dienone is 3. The van der Waals surface area contributed by atoms with Gasteiger partial charge in [0, 0.05) is 6.20 Å². The third-order valence-corrected chi connectivity index (χ3v) is 2.04. The molecule has 1 rings (SSSR count). The van der Waals surface area contributed by atoms with Crippen LogP contribution in [0.1, 0.15) is 26.7 Å². The molecule has 1 aliphatic rings. The zero-order valence-corrected chi connectivity index (χ0v) is 8.40. The van der Waals surface area contributed by atoms with E-state index in [9.17, 15) is 0 Å². The minimum atomic E-state index is 0.418. The highest BCUT2D eigenvalue weighted by Gasteiger charge is 2.11. The summed E-state index contributed by atoms with van der Waals surface area (Å²) < 4.78 is 1.99. The maximum atomic E-state index is 4.16. The van der Waals surface area contributed by atoms with E-state index in [0.717, 1.165) is 18.5 Å². The van der Waals surface area contributed by atoms with E-state index in [0.29, 0.717) is 6.04 Å². The van der Waals surface area contributed by atoms with Gasteiger partial charge in [-0.1, -0.05) is 6.08 Å². The Kier molecular flexibility index (Phi) is 3.62. The molecule has 0 saturated heterocycles. The van der Waals surface area contributed by atoms with E-state index in [2.05, 4.69) is 37.7 Å². The van der Waals surface area contributed by atoms with Crippen molar-refractivity contribution in [2.45, 2.75) is 32.7 Å². The van der Waals surface area contributed by atoms with Crippen molar-refractivity contribution in [2.24, 2.45) is 4.99 Å². The van der Waals surface area contributed by atoms with Crippen LogP contribution >= 0.6 is 0 Å². The maximum absolute atomic E-state index is 4.16.